The number of carbonyl (C=O) groups is 2. The Morgan fingerprint density at radius 3 is 2.31 bits per heavy atom. The van der Waals surface area contributed by atoms with Gasteiger partial charge in [0.1, 0.15) is 5.52 Å². The zero-order valence-electron chi connectivity index (χ0n) is 20.6. The van der Waals surface area contributed by atoms with E-state index >= 15 is 0 Å². The smallest absolute Gasteiger partial charge is 0.295 e. The van der Waals surface area contributed by atoms with Gasteiger partial charge in [0.2, 0.25) is 11.8 Å². The number of anilines is 1. The van der Waals surface area contributed by atoms with E-state index in [9.17, 15) is 14.4 Å². The number of nitrogens with zero attached hydrogens (tertiary/aromatic N) is 5. The molecular weight excluding hydrogens is 456 g/mol. The van der Waals surface area contributed by atoms with Gasteiger partial charge in [-0.2, -0.15) is 0 Å². The zero-order valence-corrected chi connectivity index (χ0v) is 20.6. The van der Waals surface area contributed by atoms with Gasteiger partial charge in [-0.3, -0.25) is 19.0 Å². The van der Waals surface area contributed by atoms with Crippen molar-refractivity contribution in [1.29, 1.82) is 0 Å². The second kappa shape index (κ2) is 10.1. The molecule has 2 aromatic heterocycles. The summed E-state index contributed by atoms with van der Waals surface area (Å²) in [7, 11) is 0. The molecule has 9 heteroatoms. The number of primary amides is 1. The molecule has 0 aliphatic carbocycles. The fraction of sp³-hybridized carbons (Fsp3) is 0.444. The van der Waals surface area contributed by atoms with Gasteiger partial charge in [-0.15, -0.1) is 0 Å². The van der Waals surface area contributed by atoms with Crippen LogP contribution in [0.3, 0.4) is 0 Å². The predicted octanol–water partition coefficient (Wildman–Crippen LogP) is 2.09. The van der Waals surface area contributed by atoms with Gasteiger partial charge in [-0.25, -0.2) is 9.97 Å². The lowest BCUT2D eigenvalue weighted by molar-refractivity contribution is -0.139. The summed E-state index contributed by atoms with van der Waals surface area (Å²) in [6, 6.07) is 11.8. The molecule has 0 unspecified atom stereocenters. The summed E-state index contributed by atoms with van der Waals surface area (Å²) in [5, 5.41) is 0. The number of aromatic nitrogens is 3. The average Bonchev–Trinajstić information content (AvgIpc) is 2.91. The third kappa shape index (κ3) is 4.82. The van der Waals surface area contributed by atoms with Crippen molar-refractivity contribution in [3.8, 4) is 0 Å². The van der Waals surface area contributed by atoms with E-state index in [1.807, 2.05) is 53.1 Å². The third-order valence-electron chi connectivity index (χ3n) is 7.50. The molecule has 2 saturated heterocycles. The first-order valence-electron chi connectivity index (χ1n) is 12.6. The van der Waals surface area contributed by atoms with Crippen LogP contribution in [0.25, 0.3) is 11.2 Å². The number of rotatable bonds is 5. The van der Waals surface area contributed by atoms with Crippen molar-refractivity contribution in [3.63, 3.8) is 0 Å². The fourth-order valence-electron chi connectivity index (χ4n) is 5.27. The first-order valence-corrected chi connectivity index (χ1v) is 12.6. The second-order valence-corrected chi connectivity index (χ2v) is 9.92. The van der Waals surface area contributed by atoms with E-state index in [4.69, 9.17) is 10.7 Å². The lowest BCUT2D eigenvalue weighted by atomic mass is 9.92. The highest BCUT2D eigenvalue weighted by Gasteiger charge is 2.33. The zero-order chi connectivity index (χ0) is 25.2. The summed E-state index contributed by atoms with van der Waals surface area (Å²) >= 11 is 0. The number of pyridine rings is 1. The van der Waals surface area contributed by atoms with Crippen LogP contribution in [0, 0.1) is 18.8 Å². The minimum absolute atomic E-state index is 0.0803. The molecule has 9 nitrogen and oxygen atoms in total. The molecule has 0 saturated carbocycles. The van der Waals surface area contributed by atoms with Gasteiger partial charge >= 0.3 is 0 Å². The second-order valence-electron chi connectivity index (χ2n) is 9.92. The Bertz CT molecular complexity index is 1320. The Labute approximate surface area is 209 Å². The van der Waals surface area contributed by atoms with Crippen LogP contribution >= 0.6 is 0 Å². The summed E-state index contributed by atoms with van der Waals surface area (Å²) in [5.74, 6) is 0.0667. The van der Waals surface area contributed by atoms with E-state index in [0.29, 0.717) is 75.4 Å². The molecule has 0 atom stereocenters. The first kappa shape index (κ1) is 24.0. The molecule has 36 heavy (non-hydrogen) atoms. The quantitative estimate of drug-likeness (QED) is 0.588. The van der Waals surface area contributed by atoms with E-state index < -0.39 is 0 Å². The maximum absolute atomic E-state index is 13.6. The van der Waals surface area contributed by atoms with Crippen LogP contribution in [-0.4, -0.2) is 57.4 Å². The molecule has 5 rings (SSSR count). The highest BCUT2D eigenvalue weighted by molar-refractivity contribution is 5.80. The Morgan fingerprint density at radius 2 is 1.64 bits per heavy atom. The number of hydrogen-bond acceptors (Lipinski definition) is 6. The fourth-order valence-corrected chi connectivity index (χ4v) is 5.27. The minimum atomic E-state index is -0.276. The normalized spacial score (nSPS) is 17.5. The van der Waals surface area contributed by atoms with E-state index in [1.54, 1.807) is 10.8 Å². The average molecular weight is 489 g/mol. The van der Waals surface area contributed by atoms with Crippen molar-refractivity contribution in [1.82, 2.24) is 19.4 Å². The number of fused-ring (bicyclic) bond motifs is 1. The van der Waals surface area contributed by atoms with Crippen molar-refractivity contribution in [2.75, 3.05) is 31.1 Å². The molecule has 2 N–H and O–H groups in total. The monoisotopic (exact) mass is 488 g/mol. The van der Waals surface area contributed by atoms with E-state index in [0.717, 1.165) is 5.56 Å². The maximum atomic E-state index is 13.6. The number of amides is 2. The van der Waals surface area contributed by atoms with Crippen LogP contribution in [0.5, 0.6) is 0 Å². The summed E-state index contributed by atoms with van der Waals surface area (Å²) < 4.78 is 1.70. The standard InChI is InChI=1S/C27H32N6O3/c1-18-4-6-19(7-5-18)17-33-24-22(3-2-12-29-24)30-25(27(33)36)31-13-10-21(11-14-31)26(35)32-15-8-20(9-16-32)23(28)34/h2-7,12,20-21H,8-11,13-17H2,1H3,(H2,28,34). The molecule has 3 aromatic rings. The molecule has 2 amide bonds. The Kier molecular flexibility index (Phi) is 6.71. The predicted molar refractivity (Wildman–Crippen MR) is 138 cm³/mol. The number of likely N-dealkylation sites (tertiary alicyclic amines) is 1. The highest BCUT2D eigenvalue weighted by atomic mass is 16.2. The molecule has 4 heterocycles. The maximum Gasteiger partial charge on any atom is 0.295 e. The van der Waals surface area contributed by atoms with Crippen molar-refractivity contribution >= 4 is 28.8 Å². The summed E-state index contributed by atoms with van der Waals surface area (Å²) in [5.41, 5.74) is 8.69. The largest absolute Gasteiger partial charge is 0.369 e. The lowest BCUT2D eigenvalue weighted by Crippen LogP contribution is -2.47. The highest BCUT2D eigenvalue weighted by Crippen LogP contribution is 2.26. The Morgan fingerprint density at radius 1 is 0.972 bits per heavy atom. The lowest BCUT2D eigenvalue weighted by Gasteiger charge is -2.37. The summed E-state index contributed by atoms with van der Waals surface area (Å²) in [6.45, 7) is 4.79. The van der Waals surface area contributed by atoms with Crippen LogP contribution in [-0.2, 0) is 16.1 Å². The van der Waals surface area contributed by atoms with Crippen LogP contribution < -0.4 is 16.2 Å². The van der Waals surface area contributed by atoms with Crippen LogP contribution in [0.4, 0.5) is 5.82 Å². The number of nitrogens with two attached hydrogens (primary N) is 1. The molecule has 0 bridgehead atoms. The Balaban J connectivity index is 1.32. The first-order chi connectivity index (χ1) is 17.4. The number of carbonyl (C=O) groups excluding carboxylic acids is 2. The van der Waals surface area contributed by atoms with Gasteiger partial charge in [-0.05, 0) is 50.3 Å². The van der Waals surface area contributed by atoms with Gasteiger partial charge in [0.05, 0.1) is 6.54 Å². The molecule has 2 aliphatic heterocycles. The van der Waals surface area contributed by atoms with Crippen molar-refractivity contribution in [2.45, 2.75) is 39.2 Å². The molecule has 2 fully saturated rings. The number of hydrogen-bond donors (Lipinski definition) is 1. The van der Waals surface area contributed by atoms with E-state index in [2.05, 4.69) is 4.98 Å². The van der Waals surface area contributed by atoms with Crippen molar-refractivity contribution in [3.05, 3.63) is 64.1 Å². The number of benzene rings is 1. The molecule has 1 aromatic carbocycles. The number of aryl methyl sites for hydroxylation is 1. The van der Waals surface area contributed by atoms with Crippen molar-refractivity contribution in [2.24, 2.45) is 17.6 Å². The summed E-state index contributed by atoms with van der Waals surface area (Å²) in [6.07, 6.45) is 4.28. The minimum Gasteiger partial charge on any atom is -0.369 e. The van der Waals surface area contributed by atoms with Crippen molar-refractivity contribution < 1.29 is 9.59 Å². The SMILES string of the molecule is Cc1ccc(Cn2c(=O)c(N3CCC(C(=O)N4CCC(C(N)=O)CC4)CC3)nc3cccnc32)cc1. The third-order valence-corrected chi connectivity index (χ3v) is 7.50. The van der Waals surface area contributed by atoms with Gasteiger partial charge in [0.25, 0.3) is 5.56 Å². The molecule has 188 valence electrons. The van der Waals surface area contributed by atoms with Gasteiger partial charge in [0.15, 0.2) is 11.5 Å². The van der Waals surface area contributed by atoms with Crippen LogP contribution in [0.1, 0.15) is 36.8 Å². The number of piperidine rings is 2. The van der Waals surface area contributed by atoms with E-state index in [-0.39, 0.29) is 29.2 Å². The topological polar surface area (TPSA) is 114 Å². The van der Waals surface area contributed by atoms with Gasteiger partial charge in [-0.1, -0.05) is 29.8 Å². The molecule has 0 spiro atoms. The van der Waals surface area contributed by atoms with E-state index in [1.165, 1.54) is 5.56 Å². The summed E-state index contributed by atoms with van der Waals surface area (Å²) in [4.78, 5) is 51.1. The Hall–Kier alpha value is -3.75. The van der Waals surface area contributed by atoms with Gasteiger partial charge < -0.3 is 15.5 Å². The molecule has 0 radical (unpaired) electrons. The molecular formula is C27H32N6O3. The molecule has 2 aliphatic rings. The van der Waals surface area contributed by atoms with Crippen LogP contribution in [0.2, 0.25) is 0 Å². The van der Waals surface area contributed by atoms with Crippen LogP contribution in [0.15, 0.2) is 47.4 Å². The van der Waals surface area contributed by atoms with Gasteiger partial charge in [0, 0.05) is 44.2 Å².